The predicted octanol–water partition coefficient (Wildman–Crippen LogP) is 4.78. The van der Waals surface area contributed by atoms with Crippen molar-refractivity contribution in [3.63, 3.8) is 0 Å². The Morgan fingerprint density at radius 1 is 1.26 bits per heavy atom. The summed E-state index contributed by atoms with van der Waals surface area (Å²) in [5, 5.41) is 5.48. The summed E-state index contributed by atoms with van der Waals surface area (Å²) in [6, 6.07) is 8.57. The zero-order chi connectivity index (χ0) is 13.8. The summed E-state index contributed by atoms with van der Waals surface area (Å²) in [5.74, 6) is 0.907. The Morgan fingerprint density at radius 2 is 2.05 bits per heavy atom. The zero-order valence-corrected chi connectivity index (χ0v) is 14.7. The molecule has 1 atom stereocenters. The summed E-state index contributed by atoms with van der Waals surface area (Å²) in [6.07, 6.45) is 0.949. The van der Waals surface area contributed by atoms with Gasteiger partial charge in [-0.3, -0.25) is 0 Å². The normalized spacial score (nSPS) is 12.4. The Kier molecular flexibility index (Phi) is 5.45. The van der Waals surface area contributed by atoms with Crippen LogP contribution in [0.25, 0.3) is 0 Å². The van der Waals surface area contributed by atoms with E-state index in [1.165, 1.54) is 10.4 Å². The second-order valence-electron chi connectivity index (χ2n) is 4.16. The third-order valence-corrected chi connectivity index (χ3v) is 5.16. The maximum absolute atomic E-state index is 5.48. The summed E-state index contributed by atoms with van der Waals surface area (Å²) < 4.78 is 7.65. The minimum atomic E-state index is 0.244. The van der Waals surface area contributed by atoms with E-state index in [2.05, 4.69) is 54.7 Å². The second kappa shape index (κ2) is 6.88. The van der Waals surface area contributed by atoms with Crippen molar-refractivity contribution in [1.29, 1.82) is 0 Å². The first-order valence-corrected chi connectivity index (χ1v) is 8.34. The third-order valence-electron chi connectivity index (χ3n) is 2.95. The molecule has 2 aromatic rings. The number of benzene rings is 1. The SMILES string of the molecule is CNC(Cc1cc(Br)cs1)c1ccc(Br)cc1OC. The van der Waals surface area contributed by atoms with E-state index in [0.29, 0.717) is 0 Å². The molecule has 5 heteroatoms. The van der Waals surface area contributed by atoms with Crippen molar-refractivity contribution < 1.29 is 4.74 Å². The molecule has 102 valence electrons. The molecule has 1 aromatic carbocycles. The Balaban J connectivity index is 2.26. The van der Waals surface area contributed by atoms with Crippen molar-refractivity contribution >= 4 is 43.2 Å². The highest BCUT2D eigenvalue weighted by Gasteiger charge is 2.16. The molecular formula is C14H15Br2NOS. The molecule has 0 amide bonds. The molecule has 0 aliphatic heterocycles. The Labute approximate surface area is 134 Å². The van der Waals surface area contributed by atoms with Gasteiger partial charge in [0, 0.05) is 37.2 Å². The van der Waals surface area contributed by atoms with Crippen molar-refractivity contribution in [1.82, 2.24) is 5.32 Å². The Hall–Kier alpha value is -0.360. The van der Waals surface area contributed by atoms with E-state index in [0.717, 1.165) is 21.1 Å². The van der Waals surface area contributed by atoms with Crippen LogP contribution in [0.4, 0.5) is 0 Å². The molecule has 1 unspecified atom stereocenters. The summed E-state index contributed by atoms with van der Waals surface area (Å²) in [6.45, 7) is 0. The highest BCUT2D eigenvalue weighted by atomic mass is 79.9. The molecule has 0 fully saturated rings. The molecule has 1 N–H and O–H groups in total. The van der Waals surface area contributed by atoms with E-state index >= 15 is 0 Å². The van der Waals surface area contributed by atoms with Crippen LogP contribution in [0.5, 0.6) is 5.75 Å². The number of rotatable bonds is 5. The van der Waals surface area contributed by atoms with Crippen LogP contribution in [0.3, 0.4) is 0 Å². The molecule has 2 nitrogen and oxygen atoms in total. The first-order valence-electron chi connectivity index (χ1n) is 5.87. The van der Waals surface area contributed by atoms with Gasteiger partial charge in [-0.25, -0.2) is 0 Å². The van der Waals surface area contributed by atoms with Gasteiger partial charge in [0.05, 0.1) is 7.11 Å². The predicted molar refractivity (Wildman–Crippen MR) is 88.2 cm³/mol. The largest absolute Gasteiger partial charge is 0.496 e. The van der Waals surface area contributed by atoms with Crippen LogP contribution in [-0.4, -0.2) is 14.2 Å². The Bertz CT molecular complexity index is 556. The van der Waals surface area contributed by atoms with E-state index in [-0.39, 0.29) is 6.04 Å². The van der Waals surface area contributed by atoms with Crippen molar-refractivity contribution in [2.24, 2.45) is 0 Å². The van der Waals surface area contributed by atoms with Gasteiger partial charge in [-0.1, -0.05) is 22.0 Å². The number of methoxy groups -OCH3 is 1. The van der Waals surface area contributed by atoms with Gasteiger partial charge in [0.15, 0.2) is 0 Å². The molecule has 2 rings (SSSR count). The van der Waals surface area contributed by atoms with E-state index < -0.39 is 0 Å². The van der Waals surface area contributed by atoms with Crippen LogP contribution in [0.1, 0.15) is 16.5 Å². The lowest BCUT2D eigenvalue weighted by atomic mass is 10.0. The van der Waals surface area contributed by atoms with Crippen molar-refractivity contribution in [3.8, 4) is 5.75 Å². The van der Waals surface area contributed by atoms with Gasteiger partial charge in [0.1, 0.15) is 5.75 Å². The summed E-state index contributed by atoms with van der Waals surface area (Å²) in [7, 11) is 3.69. The van der Waals surface area contributed by atoms with Gasteiger partial charge < -0.3 is 10.1 Å². The van der Waals surface area contributed by atoms with E-state index in [1.54, 1.807) is 18.4 Å². The van der Waals surface area contributed by atoms with Gasteiger partial charge in [-0.15, -0.1) is 11.3 Å². The van der Waals surface area contributed by atoms with Gasteiger partial charge in [0.2, 0.25) is 0 Å². The molecule has 0 aliphatic carbocycles. The lowest BCUT2D eigenvalue weighted by Crippen LogP contribution is -2.19. The summed E-state index contributed by atoms with van der Waals surface area (Å²) >= 11 is 8.74. The van der Waals surface area contributed by atoms with Gasteiger partial charge in [-0.05, 0) is 41.2 Å². The molecule has 0 spiro atoms. The average molecular weight is 405 g/mol. The number of ether oxygens (including phenoxy) is 1. The standard InChI is InChI=1S/C14H15Br2NOS/c1-17-13(7-11-5-10(16)8-19-11)12-4-3-9(15)6-14(12)18-2/h3-6,8,13,17H,7H2,1-2H3. The van der Waals surface area contributed by atoms with Crippen LogP contribution < -0.4 is 10.1 Å². The highest BCUT2D eigenvalue weighted by Crippen LogP contribution is 2.32. The minimum absolute atomic E-state index is 0.244. The van der Waals surface area contributed by atoms with Gasteiger partial charge in [0.25, 0.3) is 0 Å². The first kappa shape index (κ1) is 15.0. The van der Waals surface area contributed by atoms with Crippen LogP contribution in [0, 0.1) is 0 Å². The van der Waals surface area contributed by atoms with Crippen molar-refractivity contribution in [2.75, 3.05) is 14.2 Å². The number of halogens is 2. The van der Waals surface area contributed by atoms with Crippen LogP contribution >= 0.6 is 43.2 Å². The molecule has 19 heavy (non-hydrogen) atoms. The van der Waals surface area contributed by atoms with Gasteiger partial charge in [-0.2, -0.15) is 0 Å². The smallest absolute Gasteiger partial charge is 0.124 e. The van der Waals surface area contributed by atoms with Crippen LogP contribution in [0.15, 0.2) is 38.6 Å². The molecule has 1 heterocycles. The number of hydrogen-bond donors (Lipinski definition) is 1. The fraction of sp³-hybridized carbons (Fsp3) is 0.286. The molecule has 0 saturated heterocycles. The average Bonchev–Trinajstić information content (AvgIpc) is 2.81. The summed E-state index contributed by atoms with van der Waals surface area (Å²) in [5.41, 5.74) is 1.18. The fourth-order valence-electron chi connectivity index (χ4n) is 2.00. The zero-order valence-electron chi connectivity index (χ0n) is 10.7. The lowest BCUT2D eigenvalue weighted by molar-refractivity contribution is 0.401. The summed E-state index contributed by atoms with van der Waals surface area (Å²) in [4.78, 5) is 1.34. The molecular weight excluding hydrogens is 390 g/mol. The molecule has 0 aliphatic rings. The number of thiophene rings is 1. The van der Waals surface area contributed by atoms with Gasteiger partial charge >= 0.3 is 0 Å². The van der Waals surface area contributed by atoms with Crippen molar-refractivity contribution in [3.05, 3.63) is 49.0 Å². The molecule has 0 radical (unpaired) electrons. The van der Waals surface area contributed by atoms with Crippen molar-refractivity contribution in [2.45, 2.75) is 12.5 Å². The number of nitrogens with one attached hydrogen (secondary N) is 1. The molecule has 1 aromatic heterocycles. The second-order valence-corrected chi connectivity index (χ2v) is 6.99. The maximum Gasteiger partial charge on any atom is 0.124 e. The Morgan fingerprint density at radius 3 is 2.63 bits per heavy atom. The first-order chi connectivity index (χ1) is 9.13. The monoisotopic (exact) mass is 403 g/mol. The van der Waals surface area contributed by atoms with Crippen LogP contribution in [0.2, 0.25) is 0 Å². The number of likely N-dealkylation sites (N-methyl/N-ethyl adjacent to an activating group) is 1. The lowest BCUT2D eigenvalue weighted by Gasteiger charge is -2.19. The molecule has 0 saturated carbocycles. The van der Waals surface area contributed by atoms with E-state index in [4.69, 9.17) is 4.74 Å². The topological polar surface area (TPSA) is 21.3 Å². The highest BCUT2D eigenvalue weighted by molar-refractivity contribution is 9.10. The fourth-order valence-corrected chi connectivity index (χ4v) is 3.84. The maximum atomic E-state index is 5.48. The van der Waals surface area contributed by atoms with E-state index in [9.17, 15) is 0 Å². The van der Waals surface area contributed by atoms with E-state index in [1.807, 2.05) is 19.2 Å². The quantitative estimate of drug-likeness (QED) is 0.773. The molecule has 0 bridgehead atoms. The third kappa shape index (κ3) is 3.81. The number of hydrogen-bond acceptors (Lipinski definition) is 3. The van der Waals surface area contributed by atoms with Crippen LogP contribution in [-0.2, 0) is 6.42 Å². The minimum Gasteiger partial charge on any atom is -0.496 e.